The van der Waals surface area contributed by atoms with Gasteiger partial charge in [0.1, 0.15) is 6.54 Å². The standard InChI is InChI=1S/C17H15ClN6O3/c1-9-7-22-13-14(21(2)17(27)23(15(13)26)8-12(19)25)20-16(22)24(9)11-6-4-3-5-10(11)18/h3-7H,8H2,1-2H3,(H2,19,25). The molecule has 0 saturated carbocycles. The number of fused-ring (bicyclic) bond motifs is 3. The number of hydrogen-bond donors (Lipinski definition) is 1. The predicted molar refractivity (Wildman–Crippen MR) is 100 cm³/mol. The van der Waals surface area contributed by atoms with Crippen molar-refractivity contribution in [3.8, 4) is 5.69 Å². The largest absolute Gasteiger partial charge is 0.368 e. The Balaban J connectivity index is 2.16. The fourth-order valence-electron chi connectivity index (χ4n) is 3.24. The number of para-hydroxylation sites is 1. The van der Waals surface area contributed by atoms with Crippen molar-refractivity contribution < 1.29 is 4.79 Å². The molecule has 4 rings (SSSR count). The lowest BCUT2D eigenvalue weighted by molar-refractivity contribution is -0.118. The molecule has 0 aliphatic rings. The monoisotopic (exact) mass is 386 g/mol. The highest BCUT2D eigenvalue weighted by Crippen LogP contribution is 2.25. The van der Waals surface area contributed by atoms with Crippen LogP contribution in [0.4, 0.5) is 0 Å². The van der Waals surface area contributed by atoms with Crippen LogP contribution < -0.4 is 17.0 Å². The topological polar surface area (TPSA) is 109 Å². The molecule has 0 aliphatic heterocycles. The maximum absolute atomic E-state index is 12.9. The second-order valence-corrected chi connectivity index (χ2v) is 6.62. The third-order valence-electron chi connectivity index (χ3n) is 4.43. The smallest absolute Gasteiger partial charge is 0.332 e. The van der Waals surface area contributed by atoms with Crippen molar-refractivity contribution in [2.75, 3.05) is 0 Å². The van der Waals surface area contributed by atoms with E-state index in [0.29, 0.717) is 16.5 Å². The first-order chi connectivity index (χ1) is 12.8. The summed E-state index contributed by atoms with van der Waals surface area (Å²) in [5, 5.41) is 0.519. The molecule has 2 N–H and O–H groups in total. The van der Waals surface area contributed by atoms with E-state index in [0.717, 1.165) is 10.3 Å². The minimum atomic E-state index is -0.779. The van der Waals surface area contributed by atoms with Crippen molar-refractivity contribution in [1.29, 1.82) is 0 Å². The van der Waals surface area contributed by atoms with Gasteiger partial charge in [-0.25, -0.2) is 9.36 Å². The van der Waals surface area contributed by atoms with Gasteiger partial charge in [0.25, 0.3) is 5.56 Å². The van der Waals surface area contributed by atoms with Gasteiger partial charge >= 0.3 is 5.69 Å². The number of rotatable bonds is 3. The van der Waals surface area contributed by atoms with E-state index in [1.54, 1.807) is 21.2 Å². The Labute approximate surface area is 156 Å². The van der Waals surface area contributed by atoms with Gasteiger partial charge in [0, 0.05) is 18.9 Å². The summed E-state index contributed by atoms with van der Waals surface area (Å²) >= 11 is 6.33. The van der Waals surface area contributed by atoms with Gasteiger partial charge in [0.15, 0.2) is 11.2 Å². The first-order valence-electron chi connectivity index (χ1n) is 8.04. The zero-order valence-corrected chi connectivity index (χ0v) is 15.3. The molecule has 0 fully saturated rings. The van der Waals surface area contributed by atoms with Crippen LogP contribution in [0.1, 0.15) is 5.69 Å². The minimum absolute atomic E-state index is 0.183. The number of nitrogens with zero attached hydrogens (tertiary/aromatic N) is 5. The molecule has 0 radical (unpaired) electrons. The third kappa shape index (κ3) is 2.39. The molecule has 138 valence electrons. The number of aryl methyl sites for hydroxylation is 2. The Bertz CT molecular complexity index is 1360. The second kappa shape index (κ2) is 5.85. The summed E-state index contributed by atoms with van der Waals surface area (Å²) in [7, 11) is 1.49. The van der Waals surface area contributed by atoms with Gasteiger partial charge in [-0.05, 0) is 19.1 Å². The molecule has 10 heteroatoms. The number of nitrogens with two attached hydrogens (primary N) is 1. The van der Waals surface area contributed by atoms with Crippen LogP contribution in [0.3, 0.4) is 0 Å². The minimum Gasteiger partial charge on any atom is -0.368 e. The number of amides is 1. The van der Waals surface area contributed by atoms with Gasteiger partial charge in [-0.1, -0.05) is 23.7 Å². The number of primary amides is 1. The van der Waals surface area contributed by atoms with Crippen molar-refractivity contribution in [3.05, 3.63) is 62.0 Å². The van der Waals surface area contributed by atoms with Crippen molar-refractivity contribution in [2.45, 2.75) is 13.5 Å². The Morgan fingerprint density at radius 1 is 1.26 bits per heavy atom. The van der Waals surface area contributed by atoms with E-state index in [-0.39, 0.29) is 11.2 Å². The van der Waals surface area contributed by atoms with E-state index in [9.17, 15) is 14.4 Å². The predicted octanol–water partition coefficient (Wildman–Crippen LogP) is 0.586. The van der Waals surface area contributed by atoms with Crippen molar-refractivity contribution in [3.63, 3.8) is 0 Å². The van der Waals surface area contributed by atoms with E-state index in [1.807, 2.05) is 25.1 Å². The molecule has 0 saturated heterocycles. The highest BCUT2D eigenvalue weighted by molar-refractivity contribution is 6.32. The molecular formula is C17H15ClN6O3. The quantitative estimate of drug-likeness (QED) is 0.555. The number of aromatic nitrogens is 5. The number of carbonyl (C=O) groups excluding carboxylic acids is 1. The van der Waals surface area contributed by atoms with E-state index >= 15 is 0 Å². The molecule has 9 nitrogen and oxygen atoms in total. The molecule has 0 atom stereocenters. The van der Waals surface area contributed by atoms with Crippen molar-refractivity contribution in [1.82, 2.24) is 23.1 Å². The van der Waals surface area contributed by atoms with E-state index in [2.05, 4.69) is 4.98 Å². The van der Waals surface area contributed by atoms with Gasteiger partial charge in [-0.2, -0.15) is 4.98 Å². The van der Waals surface area contributed by atoms with Gasteiger partial charge in [0.2, 0.25) is 11.7 Å². The normalized spacial score (nSPS) is 11.5. The molecule has 4 aromatic rings. The first kappa shape index (κ1) is 17.1. The van der Waals surface area contributed by atoms with Crippen LogP contribution in [0.5, 0.6) is 0 Å². The second-order valence-electron chi connectivity index (χ2n) is 6.21. The Morgan fingerprint density at radius 3 is 2.63 bits per heavy atom. The molecule has 0 bridgehead atoms. The average Bonchev–Trinajstić information content (AvgIpc) is 3.12. The molecule has 3 aromatic heterocycles. The SMILES string of the molecule is Cc1cn2c3c(=O)n(CC(N)=O)c(=O)n(C)c3nc2n1-c1ccccc1Cl. The zero-order valence-electron chi connectivity index (χ0n) is 14.5. The van der Waals surface area contributed by atoms with Crippen LogP contribution in [-0.4, -0.2) is 29.0 Å². The Hall–Kier alpha value is -3.33. The molecule has 3 heterocycles. The highest BCUT2D eigenvalue weighted by Gasteiger charge is 2.21. The van der Waals surface area contributed by atoms with E-state index in [4.69, 9.17) is 17.3 Å². The van der Waals surface area contributed by atoms with Gasteiger partial charge < -0.3 is 5.73 Å². The summed E-state index contributed by atoms with van der Waals surface area (Å²) in [6.07, 6.45) is 1.73. The lowest BCUT2D eigenvalue weighted by Gasteiger charge is -2.07. The van der Waals surface area contributed by atoms with E-state index < -0.39 is 23.7 Å². The maximum atomic E-state index is 12.9. The van der Waals surface area contributed by atoms with Crippen LogP contribution in [-0.2, 0) is 18.4 Å². The number of hydrogen-bond acceptors (Lipinski definition) is 4. The number of halogens is 1. The van der Waals surface area contributed by atoms with Crippen LogP contribution in [0.2, 0.25) is 5.02 Å². The average molecular weight is 387 g/mol. The molecular weight excluding hydrogens is 372 g/mol. The first-order valence-corrected chi connectivity index (χ1v) is 8.42. The molecule has 0 spiro atoms. The fourth-order valence-corrected chi connectivity index (χ4v) is 3.46. The fraction of sp³-hybridized carbons (Fsp3) is 0.176. The Morgan fingerprint density at radius 2 is 1.96 bits per heavy atom. The highest BCUT2D eigenvalue weighted by atomic mass is 35.5. The molecule has 0 unspecified atom stereocenters. The number of imidazole rings is 2. The molecule has 0 aliphatic carbocycles. The Kier molecular flexibility index (Phi) is 3.70. The zero-order chi connectivity index (χ0) is 19.5. The number of carbonyl (C=O) groups is 1. The van der Waals surface area contributed by atoms with Crippen LogP contribution >= 0.6 is 11.6 Å². The summed E-state index contributed by atoms with van der Waals surface area (Å²) in [4.78, 5) is 41.1. The van der Waals surface area contributed by atoms with Crippen LogP contribution in [0.15, 0.2) is 40.1 Å². The molecule has 1 amide bonds. The lowest BCUT2D eigenvalue weighted by atomic mass is 10.3. The summed E-state index contributed by atoms with van der Waals surface area (Å²) < 4.78 is 5.41. The third-order valence-corrected chi connectivity index (χ3v) is 4.75. The van der Waals surface area contributed by atoms with Gasteiger partial charge in [0.05, 0.1) is 10.7 Å². The van der Waals surface area contributed by atoms with Crippen molar-refractivity contribution >= 4 is 34.4 Å². The summed E-state index contributed by atoms with van der Waals surface area (Å²) in [5.74, 6) is -0.348. The summed E-state index contributed by atoms with van der Waals surface area (Å²) in [6.45, 7) is 1.35. The maximum Gasteiger partial charge on any atom is 0.332 e. The number of benzene rings is 1. The van der Waals surface area contributed by atoms with Crippen LogP contribution in [0, 0.1) is 6.92 Å². The molecule has 27 heavy (non-hydrogen) atoms. The van der Waals surface area contributed by atoms with Crippen LogP contribution in [0.25, 0.3) is 22.6 Å². The lowest BCUT2D eigenvalue weighted by Crippen LogP contribution is -2.42. The summed E-state index contributed by atoms with van der Waals surface area (Å²) in [5.41, 5.74) is 5.77. The molecule has 1 aromatic carbocycles. The summed E-state index contributed by atoms with van der Waals surface area (Å²) in [6, 6.07) is 7.25. The van der Waals surface area contributed by atoms with Crippen molar-refractivity contribution in [2.24, 2.45) is 12.8 Å². The van der Waals surface area contributed by atoms with Gasteiger partial charge in [-0.3, -0.25) is 23.1 Å². The van der Waals surface area contributed by atoms with Gasteiger partial charge in [-0.15, -0.1) is 0 Å². The van der Waals surface area contributed by atoms with E-state index in [1.165, 1.54) is 11.6 Å².